The van der Waals surface area contributed by atoms with Crippen molar-refractivity contribution < 1.29 is 9.47 Å². The van der Waals surface area contributed by atoms with E-state index in [4.69, 9.17) is 9.47 Å². The quantitative estimate of drug-likeness (QED) is 0.749. The van der Waals surface area contributed by atoms with Gasteiger partial charge in [-0.2, -0.15) is 0 Å². The summed E-state index contributed by atoms with van der Waals surface area (Å²) in [6, 6.07) is 1.22. The van der Waals surface area contributed by atoms with Crippen LogP contribution in [0.1, 0.15) is 26.7 Å². The summed E-state index contributed by atoms with van der Waals surface area (Å²) in [4.78, 5) is 2.54. The highest BCUT2D eigenvalue weighted by atomic mass is 16.5. The van der Waals surface area contributed by atoms with Gasteiger partial charge in [0.2, 0.25) is 0 Å². The van der Waals surface area contributed by atoms with E-state index in [2.05, 4.69) is 24.1 Å². The smallest absolute Gasteiger partial charge is 0.0645 e. The molecule has 2 fully saturated rings. The van der Waals surface area contributed by atoms with Crippen LogP contribution in [-0.4, -0.2) is 62.5 Å². The van der Waals surface area contributed by atoms with Crippen molar-refractivity contribution in [2.45, 2.75) is 44.3 Å². The van der Waals surface area contributed by atoms with Crippen LogP contribution in [0.5, 0.6) is 0 Å². The molecule has 0 bridgehead atoms. The van der Waals surface area contributed by atoms with Gasteiger partial charge in [0.1, 0.15) is 0 Å². The zero-order chi connectivity index (χ0) is 12.3. The molecule has 0 amide bonds. The van der Waals surface area contributed by atoms with Gasteiger partial charge in [-0.1, -0.05) is 0 Å². The molecule has 0 spiro atoms. The molecule has 1 heterocycles. The molecule has 0 radical (unpaired) electrons. The van der Waals surface area contributed by atoms with E-state index >= 15 is 0 Å². The highest BCUT2D eigenvalue weighted by Crippen LogP contribution is 2.23. The Labute approximate surface area is 105 Å². The van der Waals surface area contributed by atoms with Gasteiger partial charge in [-0.15, -0.1) is 0 Å². The summed E-state index contributed by atoms with van der Waals surface area (Å²) in [7, 11) is 1.79. The Hall–Kier alpha value is -0.160. The molecule has 2 rings (SSSR count). The van der Waals surface area contributed by atoms with Gasteiger partial charge >= 0.3 is 0 Å². The van der Waals surface area contributed by atoms with E-state index in [0.29, 0.717) is 6.04 Å². The first-order valence-corrected chi connectivity index (χ1v) is 6.70. The molecule has 1 unspecified atom stereocenters. The summed E-state index contributed by atoms with van der Waals surface area (Å²) >= 11 is 0. The van der Waals surface area contributed by atoms with Gasteiger partial charge in [0.25, 0.3) is 0 Å². The zero-order valence-electron chi connectivity index (χ0n) is 11.4. The first-order valence-electron chi connectivity index (χ1n) is 6.70. The molecule has 1 atom stereocenters. The van der Waals surface area contributed by atoms with Crippen LogP contribution in [0.4, 0.5) is 0 Å². The van der Waals surface area contributed by atoms with Crippen LogP contribution in [0.15, 0.2) is 0 Å². The molecule has 2 aliphatic rings. The summed E-state index contributed by atoms with van der Waals surface area (Å²) in [5.41, 5.74) is 0.118. The Balaban J connectivity index is 1.91. The minimum atomic E-state index is 0.118. The van der Waals surface area contributed by atoms with Crippen molar-refractivity contribution in [2.24, 2.45) is 0 Å². The van der Waals surface area contributed by atoms with Crippen molar-refractivity contribution in [1.29, 1.82) is 0 Å². The highest BCUT2D eigenvalue weighted by Gasteiger charge is 2.36. The van der Waals surface area contributed by atoms with Crippen LogP contribution in [0.2, 0.25) is 0 Å². The Morgan fingerprint density at radius 2 is 2.24 bits per heavy atom. The second-order valence-corrected chi connectivity index (χ2v) is 5.85. The molecule has 0 aromatic carbocycles. The Kier molecular flexibility index (Phi) is 4.42. The zero-order valence-corrected chi connectivity index (χ0v) is 11.4. The van der Waals surface area contributed by atoms with E-state index in [9.17, 15) is 0 Å². The highest BCUT2D eigenvalue weighted by molar-refractivity contribution is 4.91. The summed E-state index contributed by atoms with van der Waals surface area (Å²) < 4.78 is 11.0. The van der Waals surface area contributed by atoms with Gasteiger partial charge in [0.15, 0.2) is 0 Å². The summed E-state index contributed by atoms with van der Waals surface area (Å²) in [6.45, 7) is 9.00. The third kappa shape index (κ3) is 3.65. The van der Waals surface area contributed by atoms with Gasteiger partial charge in [-0.3, -0.25) is 4.90 Å². The van der Waals surface area contributed by atoms with Crippen molar-refractivity contribution in [3.05, 3.63) is 0 Å². The fourth-order valence-corrected chi connectivity index (χ4v) is 2.59. The van der Waals surface area contributed by atoms with E-state index in [1.807, 2.05) is 0 Å². The van der Waals surface area contributed by atoms with Gasteiger partial charge < -0.3 is 14.8 Å². The monoisotopic (exact) mass is 242 g/mol. The van der Waals surface area contributed by atoms with Crippen molar-refractivity contribution >= 4 is 0 Å². The molecule has 1 aliphatic carbocycles. The molecule has 1 saturated carbocycles. The number of rotatable bonds is 6. The molecule has 0 aromatic rings. The summed E-state index contributed by atoms with van der Waals surface area (Å²) in [5.74, 6) is 0. The van der Waals surface area contributed by atoms with E-state index in [1.54, 1.807) is 7.11 Å². The van der Waals surface area contributed by atoms with Gasteiger partial charge in [0.05, 0.1) is 19.8 Å². The minimum Gasteiger partial charge on any atom is -0.383 e. The predicted molar refractivity (Wildman–Crippen MR) is 68.3 cm³/mol. The lowest BCUT2D eigenvalue weighted by Crippen LogP contribution is -2.60. The number of nitrogens with zero attached hydrogens (tertiary/aromatic N) is 1. The molecule has 4 heteroatoms. The van der Waals surface area contributed by atoms with E-state index < -0.39 is 0 Å². The van der Waals surface area contributed by atoms with Crippen LogP contribution in [0, 0.1) is 0 Å². The molecular formula is C13H26N2O2. The molecule has 100 valence electrons. The number of hydrogen-bond acceptors (Lipinski definition) is 4. The Morgan fingerprint density at radius 1 is 1.47 bits per heavy atom. The molecular weight excluding hydrogens is 216 g/mol. The van der Waals surface area contributed by atoms with E-state index in [1.165, 1.54) is 12.8 Å². The Bertz CT molecular complexity index is 242. The lowest BCUT2D eigenvalue weighted by molar-refractivity contribution is -0.0831. The maximum atomic E-state index is 5.58. The fraction of sp³-hybridized carbons (Fsp3) is 1.00. The van der Waals surface area contributed by atoms with Crippen molar-refractivity contribution in [2.75, 3.05) is 40.0 Å². The van der Waals surface area contributed by atoms with E-state index in [0.717, 1.165) is 39.0 Å². The van der Waals surface area contributed by atoms with E-state index in [-0.39, 0.29) is 5.54 Å². The summed E-state index contributed by atoms with van der Waals surface area (Å²) in [6.07, 6.45) is 2.68. The van der Waals surface area contributed by atoms with Crippen LogP contribution < -0.4 is 5.32 Å². The van der Waals surface area contributed by atoms with Gasteiger partial charge in [-0.25, -0.2) is 0 Å². The van der Waals surface area contributed by atoms with Crippen LogP contribution in [0.25, 0.3) is 0 Å². The molecule has 1 N–H and O–H groups in total. The van der Waals surface area contributed by atoms with Gasteiger partial charge in [0, 0.05) is 37.8 Å². The number of nitrogens with one attached hydrogen (secondary N) is 1. The maximum absolute atomic E-state index is 5.58. The Morgan fingerprint density at radius 3 is 2.82 bits per heavy atom. The molecule has 4 nitrogen and oxygen atoms in total. The lowest BCUT2D eigenvalue weighted by Gasteiger charge is -2.46. The molecule has 1 saturated heterocycles. The predicted octanol–water partition coefficient (Wildman–Crippen LogP) is 0.864. The average Bonchev–Trinajstić information content (AvgIpc) is 3.08. The molecule has 0 aromatic heterocycles. The lowest BCUT2D eigenvalue weighted by atomic mass is 9.99. The third-order valence-electron chi connectivity index (χ3n) is 3.73. The van der Waals surface area contributed by atoms with Crippen molar-refractivity contribution in [3.8, 4) is 0 Å². The largest absolute Gasteiger partial charge is 0.383 e. The first-order chi connectivity index (χ1) is 8.13. The number of ether oxygens (including phenoxy) is 2. The van der Waals surface area contributed by atoms with Crippen LogP contribution >= 0.6 is 0 Å². The van der Waals surface area contributed by atoms with Crippen molar-refractivity contribution in [3.63, 3.8) is 0 Å². The second kappa shape index (κ2) is 5.65. The topological polar surface area (TPSA) is 33.7 Å². The normalized spacial score (nSPS) is 27.0. The second-order valence-electron chi connectivity index (χ2n) is 5.85. The number of hydrogen-bond donors (Lipinski definition) is 1. The molecule has 1 aliphatic heterocycles. The number of methoxy groups -OCH3 is 1. The van der Waals surface area contributed by atoms with Crippen LogP contribution in [0.3, 0.4) is 0 Å². The number of morpholine rings is 1. The SMILES string of the molecule is COCC(CNC1CC1)N1CCOCC1(C)C. The van der Waals surface area contributed by atoms with Gasteiger partial charge in [-0.05, 0) is 26.7 Å². The average molecular weight is 242 g/mol. The maximum Gasteiger partial charge on any atom is 0.0645 e. The third-order valence-corrected chi connectivity index (χ3v) is 3.73. The summed E-state index contributed by atoms with van der Waals surface area (Å²) in [5, 5.41) is 3.61. The molecule has 17 heavy (non-hydrogen) atoms. The first kappa shape index (κ1) is 13.3. The standard InChI is InChI=1S/C13H26N2O2/c1-13(2)10-17-7-6-15(13)12(9-16-3)8-14-11-4-5-11/h11-12,14H,4-10H2,1-3H3. The fourth-order valence-electron chi connectivity index (χ4n) is 2.59. The van der Waals surface area contributed by atoms with Crippen molar-refractivity contribution in [1.82, 2.24) is 10.2 Å². The van der Waals surface area contributed by atoms with Crippen LogP contribution in [-0.2, 0) is 9.47 Å². The minimum absolute atomic E-state index is 0.118.